The van der Waals surface area contributed by atoms with Crippen LogP contribution >= 0.6 is 0 Å². The van der Waals surface area contributed by atoms with Crippen LogP contribution in [-0.4, -0.2) is 28.1 Å². The van der Waals surface area contributed by atoms with Crippen molar-refractivity contribution in [3.05, 3.63) is 71.8 Å². The highest BCUT2D eigenvalue weighted by Crippen LogP contribution is 2.32. The van der Waals surface area contributed by atoms with Crippen LogP contribution in [0.3, 0.4) is 0 Å². The first-order chi connectivity index (χ1) is 14.2. The lowest BCUT2D eigenvalue weighted by molar-refractivity contribution is 0.105. The summed E-state index contributed by atoms with van der Waals surface area (Å²) in [5, 5.41) is 15.5. The normalized spacial score (nSPS) is 14.6. The third-order valence-electron chi connectivity index (χ3n) is 5.48. The minimum atomic E-state index is 0.451. The van der Waals surface area contributed by atoms with Crippen LogP contribution in [0.1, 0.15) is 18.1 Å². The highest BCUT2D eigenvalue weighted by molar-refractivity contribution is 5.97. The van der Waals surface area contributed by atoms with Crippen LogP contribution in [0, 0.1) is 17.2 Å². The standard InChI is InChI=1S/C24H20N4O/c1-16-13-28(14-16)15-19-10-11-22(21-5-3-2-4-20(19)21)23-26-24(29-27-23)18-8-6-17(12-25)7-9-18/h2-11,16H,13-15H2,1H3. The number of rotatable bonds is 4. The number of hydrogen-bond donors (Lipinski definition) is 0. The number of benzene rings is 3. The molecule has 1 aromatic heterocycles. The SMILES string of the molecule is CC1CN(Cc2ccc(-c3noc(-c4ccc(C#N)cc4)n3)c3ccccc23)C1. The van der Waals surface area contributed by atoms with Gasteiger partial charge >= 0.3 is 0 Å². The molecule has 29 heavy (non-hydrogen) atoms. The molecule has 0 N–H and O–H groups in total. The maximum absolute atomic E-state index is 8.96. The maximum Gasteiger partial charge on any atom is 0.258 e. The highest BCUT2D eigenvalue weighted by Gasteiger charge is 2.23. The Morgan fingerprint density at radius 2 is 1.79 bits per heavy atom. The molecule has 0 aliphatic carbocycles. The second-order valence-corrected chi connectivity index (χ2v) is 7.73. The molecule has 0 bridgehead atoms. The van der Waals surface area contributed by atoms with Gasteiger partial charge in [-0.15, -0.1) is 0 Å². The van der Waals surface area contributed by atoms with E-state index in [0.29, 0.717) is 17.3 Å². The molecule has 2 heterocycles. The summed E-state index contributed by atoms with van der Waals surface area (Å²) in [7, 11) is 0. The Labute approximate surface area is 169 Å². The van der Waals surface area contributed by atoms with Gasteiger partial charge in [0.15, 0.2) is 0 Å². The van der Waals surface area contributed by atoms with Gasteiger partial charge in [-0.1, -0.05) is 48.5 Å². The Hall–Kier alpha value is -3.49. The molecule has 1 aliphatic rings. The number of aromatic nitrogens is 2. The topological polar surface area (TPSA) is 66.0 Å². The summed E-state index contributed by atoms with van der Waals surface area (Å²) in [5.41, 5.74) is 3.69. The lowest BCUT2D eigenvalue weighted by atomic mass is 9.96. The minimum absolute atomic E-state index is 0.451. The van der Waals surface area contributed by atoms with E-state index >= 15 is 0 Å². The van der Waals surface area contributed by atoms with Crippen LogP contribution in [0.2, 0.25) is 0 Å². The molecule has 0 unspecified atom stereocenters. The first kappa shape index (κ1) is 17.6. The summed E-state index contributed by atoms with van der Waals surface area (Å²) < 4.78 is 5.51. The summed E-state index contributed by atoms with van der Waals surface area (Å²) in [4.78, 5) is 7.09. The zero-order chi connectivity index (χ0) is 19.8. The lowest BCUT2D eigenvalue weighted by Gasteiger charge is -2.37. The van der Waals surface area contributed by atoms with E-state index in [2.05, 4.69) is 58.4 Å². The lowest BCUT2D eigenvalue weighted by Crippen LogP contribution is -2.44. The molecule has 5 heteroatoms. The molecule has 5 rings (SSSR count). The Bertz CT molecular complexity index is 1210. The van der Waals surface area contributed by atoms with E-state index in [9.17, 15) is 0 Å². The number of nitriles is 1. The second-order valence-electron chi connectivity index (χ2n) is 7.73. The van der Waals surface area contributed by atoms with Gasteiger partial charge in [0.2, 0.25) is 5.82 Å². The maximum atomic E-state index is 8.96. The van der Waals surface area contributed by atoms with Gasteiger partial charge in [0.05, 0.1) is 11.6 Å². The molecule has 4 aromatic rings. The Kier molecular flexibility index (Phi) is 4.34. The van der Waals surface area contributed by atoms with Crippen molar-refractivity contribution in [1.29, 1.82) is 5.26 Å². The van der Waals surface area contributed by atoms with Gasteiger partial charge in [-0.2, -0.15) is 10.2 Å². The van der Waals surface area contributed by atoms with Gasteiger partial charge < -0.3 is 4.52 Å². The number of likely N-dealkylation sites (tertiary alicyclic amines) is 1. The monoisotopic (exact) mass is 380 g/mol. The van der Waals surface area contributed by atoms with E-state index in [0.717, 1.165) is 42.1 Å². The van der Waals surface area contributed by atoms with Gasteiger partial charge in [0.1, 0.15) is 0 Å². The quantitative estimate of drug-likeness (QED) is 0.505. The molecular weight excluding hydrogens is 360 g/mol. The van der Waals surface area contributed by atoms with Crippen LogP contribution in [0.25, 0.3) is 33.6 Å². The molecule has 0 amide bonds. The summed E-state index contributed by atoms with van der Waals surface area (Å²) >= 11 is 0. The average Bonchev–Trinajstić information content (AvgIpc) is 3.23. The zero-order valence-corrected chi connectivity index (χ0v) is 16.2. The van der Waals surface area contributed by atoms with Gasteiger partial charge in [0.25, 0.3) is 5.89 Å². The van der Waals surface area contributed by atoms with Crippen LogP contribution < -0.4 is 0 Å². The molecule has 1 saturated heterocycles. The summed E-state index contributed by atoms with van der Waals surface area (Å²) in [6.07, 6.45) is 0. The van der Waals surface area contributed by atoms with Crippen LogP contribution in [0.5, 0.6) is 0 Å². The first-order valence-corrected chi connectivity index (χ1v) is 9.79. The van der Waals surface area contributed by atoms with Gasteiger partial charge in [-0.25, -0.2) is 0 Å². The number of hydrogen-bond acceptors (Lipinski definition) is 5. The second kappa shape index (κ2) is 7.16. The molecule has 142 valence electrons. The molecule has 1 fully saturated rings. The average molecular weight is 380 g/mol. The summed E-state index contributed by atoms with van der Waals surface area (Å²) in [5.74, 6) is 1.82. The fraction of sp³-hybridized carbons (Fsp3) is 0.208. The van der Waals surface area contributed by atoms with E-state index in [1.165, 1.54) is 10.9 Å². The number of nitrogens with zero attached hydrogens (tertiary/aromatic N) is 4. The van der Waals surface area contributed by atoms with E-state index < -0.39 is 0 Å². The van der Waals surface area contributed by atoms with Gasteiger partial charge in [-0.05, 0) is 46.5 Å². The third-order valence-corrected chi connectivity index (χ3v) is 5.48. The fourth-order valence-electron chi connectivity index (χ4n) is 4.03. The fourth-order valence-corrected chi connectivity index (χ4v) is 4.03. The summed E-state index contributed by atoms with van der Waals surface area (Å²) in [6, 6.07) is 21.9. The van der Waals surface area contributed by atoms with Crippen molar-refractivity contribution in [3.8, 4) is 28.9 Å². The van der Waals surface area contributed by atoms with E-state index in [1.54, 1.807) is 12.1 Å². The highest BCUT2D eigenvalue weighted by atomic mass is 16.5. The van der Waals surface area contributed by atoms with Crippen molar-refractivity contribution < 1.29 is 4.52 Å². The largest absolute Gasteiger partial charge is 0.334 e. The minimum Gasteiger partial charge on any atom is -0.334 e. The predicted molar refractivity (Wildman–Crippen MR) is 112 cm³/mol. The molecular formula is C24H20N4O. The van der Waals surface area contributed by atoms with Crippen LogP contribution in [0.4, 0.5) is 0 Å². The molecule has 0 spiro atoms. The molecule has 3 aromatic carbocycles. The molecule has 0 saturated carbocycles. The van der Waals surface area contributed by atoms with Gasteiger partial charge in [-0.3, -0.25) is 4.90 Å². The molecule has 1 aliphatic heterocycles. The first-order valence-electron chi connectivity index (χ1n) is 9.79. The van der Waals surface area contributed by atoms with Crippen molar-refractivity contribution in [3.63, 3.8) is 0 Å². The smallest absolute Gasteiger partial charge is 0.258 e. The van der Waals surface area contributed by atoms with Crippen molar-refractivity contribution in [2.24, 2.45) is 5.92 Å². The Morgan fingerprint density at radius 3 is 2.52 bits per heavy atom. The predicted octanol–water partition coefficient (Wildman–Crippen LogP) is 4.88. The van der Waals surface area contributed by atoms with Crippen molar-refractivity contribution in [1.82, 2.24) is 15.0 Å². The van der Waals surface area contributed by atoms with Crippen molar-refractivity contribution in [2.45, 2.75) is 13.5 Å². The van der Waals surface area contributed by atoms with E-state index in [1.807, 2.05) is 18.2 Å². The van der Waals surface area contributed by atoms with Crippen molar-refractivity contribution >= 4 is 10.8 Å². The van der Waals surface area contributed by atoms with Gasteiger partial charge in [0, 0.05) is 30.8 Å². The third kappa shape index (κ3) is 3.28. The Morgan fingerprint density at radius 1 is 1.03 bits per heavy atom. The Balaban J connectivity index is 1.51. The zero-order valence-electron chi connectivity index (χ0n) is 16.2. The van der Waals surface area contributed by atoms with Crippen molar-refractivity contribution in [2.75, 3.05) is 13.1 Å². The van der Waals surface area contributed by atoms with Crippen LogP contribution in [-0.2, 0) is 6.54 Å². The molecule has 5 nitrogen and oxygen atoms in total. The van der Waals surface area contributed by atoms with E-state index in [4.69, 9.17) is 9.78 Å². The molecule has 0 atom stereocenters. The molecule has 0 radical (unpaired) electrons. The summed E-state index contributed by atoms with van der Waals surface area (Å²) in [6.45, 7) is 5.58. The number of fused-ring (bicyclic) bond motifs is 1. The van der Waals surface area contributed by atoms with Crippen LogP contribution in [0.15, 0.2) is 65.2 Å². The van der Waals surface area contributed by atoms with E-state index in [-0.39, 0.29) is 0 Å².